The lowest BCUT2D eigenvalue weighted by Crippen LogP contribution is -2.65. The summed E-state index contributed by atoms with van der Waals surface area (Å²) in [6.45, 7) is 5.06. The molecule has 6 nitrogen and oxygen atoms in total. The molecule has 0 amide bonds. The van der Waals surface area contributed by atoms with Crippen LogP contribution >= 0.6 is 0 Å². The molecule has 4 fully saturated rings. The van der Waals surface area contributed by atoms with Crippen molar-refractivity contribution < 1.29 is 29.3 Å². The maximum absolute atomic E-state index is 12.8. The quantitative estimate of drug-likeness (QED) is 0.451. The summed E-state index contributed by atoms with van der Waals surface area (Å²) in [7, 11) is 0. The molecule has 0 radical (unpaired) electrons. The number of carbonyl (C=O) groups excluding carboxylic acids is 2. The second-order valence-corrected chi connectivity index (χ2v) is 7.62. The lowest BCUT2D eigenvalue weighted by Gasteiger charge is -2.61. The Balaban J connectivity index is 1.76. The zero-order valence-corrected chi connectivity index (χ0v) is 13.4. The first-order chi connectivity index (χ1) is 10.7. The maximum atomic E-state index is 12.8. The molecule has 6 heteroatoms. The highest BCUT2D eigenvalue weighted by Crippen LogP contribution is 2.63. The third kappa shape index (κ3) is 2.90. The Bertz CT molecular complexity index is 523. The fraction of sp³-hybridized carbons (Fsp3) is 0.765. The predicted octanol–water partition coefficient (Wildman–Crippen LogP) is 1.44. The summed E-state index contributed by atoms with van der Waals surface area (Å²) in [5.74, 6) is -1.00. The Morgan fingerprint density at radius 2 is 1.78 bits per heavy atom. The molecule has 4 saturated carbocycles. The van der Waals surface area contributed by atoms with Crippen molar-refractivity contribution in [1.29, 1.82) is 0 Å². The first-order valence-corrected chi connectivity index (χ1v) is 8.20. The van der Waals surface area contributed by atoms with Crippen molar-refractivity contribution >= 4 is 11.9 Å². The highest BCUT2D eigenvalue weighted by molar-refractivity contribution is 5.82. The van der Waals surface area contributed by atoms with Gasteiger partial charge in [0.2, 0.25) is 6.29 Å². The molecule has 0 spiro atoms. The van der Waals surface area contributed by atoms with E-state index in [1.807, 2.05) is 0 Å². The van der Waals surface area contributed by atoms with Crippen LogP contribution in [0.1, 0.15) is 51.9 Å². The van der Waals surface area contributed by atoms with Gasteiger partial charge in [0, 0.05) is 18.9 Å². The van der Waals surface area contributed by atoms with Gasteiger partial charge < -0.3 is 19.7 Å². The summed E-state index contributed by atoms with van der Waals surface area (Å²) < 4.78 is 10.4. The number of ether oxygens (including phenoxy) is 2. The van der Waals surface area contributed by atoms with E-state index in [1.54, 1.807) is 6.92 Å². The predicted molar refractivity (Wildman–Crippen MR) is 80.0 cm³/mol. The minimum absolute atomic E-state index is 0.129. The maximum Gasteiger partial charge on any atom is 0.333 e. The third-order valence-electron chi connectivity index (χ3n) is 5.43. The fourth-order valence-corrected chi connectivity index (χ4v) is 5.18. The van der Waals surface area contributed by atoms with Crippen molar-refractivity contribution in [1.82, 2.24) is 0 Å². The smallest absolute Gasteiger partial charge is 0.333 e. The van der Waals surface area contributed by atoms with E-state index in [1.165, 1.54) is 0 Å². The Labute approximate surface area is 135 Å². The van der Waals surface area contributed by atoms with Gasteiger partial charge in [-0.3, -0.25) is 4.79 Å². The van der Waals surface area contributed by atoms with Crippen molar-refractivity contribution in [3.63, 3.8) is 0 Å². The van der Waals surface area contributed by atoms with Gasteiger partial charge in [0.15, 0.2) is 0 Å². The van der Waals surface area contributed by atoms with E-state index in [4.69, 9.17) is 9.47 Å². The molecule has 0 aromatic carbocycles. The van der Waals surface area contributed by atoms with Crippen LogP contribution in [0.3, 0.4) is 0 Å². The SMILES string of the molecule is C=CC(=O)OC(CC)OC(=O)C12CC3CC(O)(CC(O)(C3)C1)C2. The van der Waals surface area contributed by atoms with Gasteiger partial charge in [-0.25, -0.2) is 4.79 Å². The summed E-state index contributed by atoms with van der Waals surface area (Å²) >= 11 is 0. The van der Waals surface area contributed by atoms with Crippen LogP contribution in [0.2, 0.25) is 0 Å². The highest BCUT2D eigenvalue weighted by atomic mass is 16.7. The van der Waals surface area contributed by atoms with Crippen LogP contribution in [0.15, 0.2) is 12.7 Å². The number of hydrogen-bond acceptors (Lipinski definition) is 6. The van der Waals surface area contributed by atoms with Crippen molar-refractivity contribution in [3.05, 3.63) is 12.7 Å². The van der Waals surface area contributed by atoms with Gasteiger partial charge in [-0.2, -0.15) is 0 Å². The summed E-state index contributed by atoms with van der Waals surface area (Å²) in [5.41, 5.74) is -2.86. The number of rotatable bonds is 5. The lowest BCUT2D eigenvalue weighted by atomic mass is 9.46. The molecule has 23 heavy (non-hydrogen) atoms. The minimum Gasteiger partial charge on any atom is -0.425 e. The largest absolute Gasteiger partial charge is 0.425 e. The third-order valence-corrected chi connectivity index (χ3v) is 5.43. The average Bonchev–Trinajstić information content (AvgIpc) is 2.42. The second-order valence-electron chi connectivity index (χ2n) is 7.62. The van der Waals surface area contributed by atoms with Crippen molar-refractivity contribution in [2.45, 2.75) is 69.4 Å². The number of carbonyl (C=O) groups is 2. The van der Waals surface area contributed by atoms with Gasteiger partial charge in [0.1, 0.15) is 0 Å². The molecule has 0 saturated heterocycles. The van der Waals surface area contributed by atoms with E-state index < -0.39 is 34.8 Å². The van der Waals surface area contributed by atoms with Gasteiger partial charge in [-0.05, 0) is 38.0 Å². The average molecular weight is 324 g/mol. The Kier molecular flexibility index (Phi) is 3.80. The van der Waals surface area contributed by atoms with Crippen LogP contribution in [-0.2, 0) is 19.1 Å². The highest BCUT2D eigenvalue weighted by Gasteiger charge is 2.66. The van der Waals surface area contributed by atoms with Gasteiger partial charge in [0.25, 0.3) is 0 Å². The number of hydrogen-bond donors (Lipinski definition) is 2. The van der Waals surface area contributed by atoms with Crippen molar-refractivity contribution in [3.8, 4) is 0 Å². The molecule has 4 aliphatic carbocycles. The van der Waals surface area contributed by atoms with E-state index in [9.17, 15) is 19.8 Å². The molecule has 0 aliphatic heterocycles. The zero-order valence-electron chi connectivity index (χ0n) is 13.4. The van der Waals surface area contributed by atoms with Crippen LogP contribution in [0.25, 0.3) is 0 Å². The fourth-order valence-electron chi connectivity index (χ4n) is 5.18. The van der Waals surface area contributed by atoms with E-state index in [0.29, 0.717) is 44.9 Å². The van der Waals surface area contributed by atoms with Gasteiger partial charge in [0.05, 0.1) is 16.6 Å². The first-order valence-electron chi connectivity index (χ1n) is 8.20. The van der Waals surface area contributed by atoms with Crippen LogP contribution in [0.4, 0.5) is 0 Å². The Hall–Kier alpha value is -1.40. The van der Waals surface area contributed by atoms with Gasteiger partial charge in [-0.1, -0.05) is 13.5 Å². The van der Waals surface area contributed by atoms with Crippen LogP contribution < -0.4 is 0 Å². The molecular formula is C17H24O6. The summed E-state index contributed by atoms with van der Waals surface area (Å²) in [6, 6.07) is 0. The molecule has 128 valence electrons. The lowest BCUT2D eigenvalue weighted by molar-refractivity contribution is -0.246. The molecule has 2 N–H and O–H groups in total. The second kappa shape index (κ2) is 5.31. The zero-order chi connectivity index (χ0) is 16.9. The normalized spacial score (nSPS) is 42.1. The van der Waals surface area contributed by atoms with E-state index in [0.717, 1.165) is 6.08 Å². The summed E-state index contributed by atoms with van der Waals surface area (Å²) in [4.78, 5) is 24.1. The number of esters is 2. The monoisotopic (exact) mass is 324 g/mol. The topological polar surface area (TPSA) is 93.1 Å². The molecule has 3 atom stereocenters. The molecule has 4 rings (SSSR count). The van der Waals surface area contributed by atoms with E-state index in [2.05, 4.69) is 6.58 Å². The van der Waals surface area contributed by atoms with Crippen molar-refractivity contribution in [2.24, 2.45) is 11.3 Å². The van der Waals surface area contributed by atoms with Crippen molar-refractivity contribution in [2.75, 3.05) is 0 Å². The van der Waals surface area contributed by atoms with E-state index in [-0.39, 0.29) is 5.92 Å². The summed E-state index contributed by atoms with van der Waals surface area (Å²) in [6.07, 6.45) is 3.21. The minimum atomic E-state index is -0.993. The van der Waals surface area contributed by atoms with Crippen LogP contribution in [0, 0.1) is 11.3 Å². The molecule has 4 bridgehead atoms. The molecule has 0 aromatic heterocycles. The Morgan fingerprint density at radius 3 is 2.26 bits per heavy atom. The number of aliphatic hydroxyl groups is 2. The molecular weight excluding hydrogens is 300 g/mol. The van der Waals surface area contributed by atoms with Crippen LogP contribution in [-0.4, -0.2) is 39.6 Å². The summed E-state index contributed by atoms with van der Waals surface area (Å²) in [5, 5.41) is 21.4. The molecule has 4 aliphatic rings. The molecule has 0 aromatic rings. The van der Waals surface area contributed by atoms with E-state index >= 15 is 0 Å². The molecule has 3 unspecified atom stereocenters. The Morgan fingerprint density at radius 1 is 1.17 bits per heavy atom. The standard InChI is InChI=1S/C17H24O6/c1-3-12(18)22-13(4-2)23-14(19)15-5-11-6-16(20,8-15)10-17(21,7-11)9-15/h3,11,13,20-21H,1,4-10H2,2H3. The first kappa shape index (κ1) is 16.5. The van der Waals surface area contributed by atoms with Crippen LogP contribution in [0.5, 0.6) is 0 Å². The van der Waals surface area contributed by atoms with Gasteiger partial charge in [-0.15, -0.1) is 0 Å². The van der Waals surface area contributed by atoms with Gasteiger partial charge >= 0.3 is 11.9 Å². The molecule has 0 heterocycles.